The molecule has 1 saturated carbocycles. The Kier molecular flexibility index (Phi) is 10.9. The normalized spacial score (nSPS) is 17.5. The van der Waals surface area contributed by atoms with Crippen LogP contribution in [-0.2, 0) is 9.78 Å². The van der Waals surface area contributed by atoms with Crippen LogP contribution < -0.4 is 4.74 Å². The first kappa shape index (κ1) is 21.7. The van der Waals surface area contributed by atoms with Gasteiger partial charge in [0.05, 0.1) is 12.2 Å². The molecule has 0 bridgehead atoms. The molecule has 0 aliphatic heterocycles. The number of carbonyl (C=O) groups is 1. The molecule has 1 aliphatic carbocycles. The van der Waals surface area contributed by atoms with Gasteiger partial charge in [-0.25, -0.2) is 4.79 Å². The molecular formula is C23H35O4. The first-order valence-corrected chi connectivity index (χ1v) is 10.8. The fraction of sp³-hybridized carbons (Fsp3) is 0.652. The summed E-state index contributed by atoms with van der Waals surface area (Å²) in [5, 5.41) is 0. The second kappa shape index (κ2) is 13.6. The van der Waals surface area contributed by atoms with E-state index in [4.69, 9.17) is 14.5 Å². The van der Waals surface area contributed by atoms with E-state index < -0.39 is 5.97 Å². The molecule has 0 spiro atoms. The van der Waals surface area contributed by atoms with Gasteiger partial charge in [0.1, 0.15) is 11.9 Å². The fourth-order valence-electron chi connectivity index (χ4n) is 3.26. The minimum absolute atomic E-state index is 0.450. The zero-order chi connectivity index (χ0) is 19.2. The molecule has 151 valence electrons. The highest BCUT2D eigenvalue weighted by Crippen LogP contribution is 2.24. The van der Waals surface area contributed by atoms with Crippen molar-refractivity contribution in [3.63, 3.8) is 0 Å². The van der Waals surface area contributed by atoms with Gasteiger partial charge in [-0.15, -0.1) is 0 Å². The lowest BCUT2D eigenvalue weighted by molar-refractivity contribution is -0.237. The Labute approximate surface area is 164 Å². The van der Waals surface area contributed by atoms with Crippen molar-refractivity contribution in [3.05, 3.63) is 35.9 Å². The van der Waals surface area contributed by atoms with Crippen molar-refractivity contribution in [1.82, 2.24) is 0 Å². The van der Waals surface area contributed by atoms with Crippen LogP contribution in [0.4, 0.5) is 0 Å². The third-order valence-electron chi connectivity index (χ3n) is 5.00. The molecule has 0 heterocycles. The van der Waals surface area contributed by atoms with Gasteiger partial charge in [-0.3, -0.25) is 4.89 Å². The standard InChI is InChI=1S/C23H35O4/c1-2-3-19-25-21-17-15-20(16-18-21)23(24)27-26-22-13-11-9-7-5-4-6-8-10-12-14-22/h15-18H,2-14,19H2,1H3. The first-order chi connectivity index (χ1) is 13.3. The molecule has 1 aromatic carbocycles. The molecule has 4 heteroatoms. The SMILES string of the molecule is CCCCOc1ccc(C(=O)OO[C]2CCCCCCCCCCC2)cc1. The molecule has 27 heavy (non-hydrogen) atoms. The van der Waals surface area contributed by atoms with Crippen molar-refractivity contribution in [2.75, 3.05) is 6.61 Å². The largest absolute Gasteiger partial charge is 0.494 e. The Morgan fingerprint density at radius 2 is 1.41 bits per heavy atom. The van der Waals surface area contributed by atoms with Crippen LogP contribution >= 0.6 is 0 Å². The van der Waals surface area contributed by atoms with E-state index in [-0.39, 0.29) is 0 Å². The summed E-state index contributed by atoms with van der Waals surface area (Å²) in [6.45, 7) is 2.82. The number of unbranched alkanes of at least 4 members (excludes halogenated alkanes) is 1. The van der Waals surface area contributed by atoms with Crippen LogP contribution in [0.3, 0.4) is 0 Å². The van der Waals surface area contributed by atoms with Crippen LogP contribution in [0.2, 0.25) is 0 Å². The van der Waals surface area contributed by atoms with Crippen LogP contribution in [0, 0.1) is 6.10 Å². The molecule has 0 atom stereocenters. The maximum Gasteiger partial charge on any atom is 0.373 e. The molecule has 0 amide bonds. The number of ether oxygens (including phenoxy) is 1. The van der Waals surface area contributed by atoms with E-state index in [1.807, 2.05) is 0 Å². The summed E-state index contributed by atoms with van der Waals surface area (Å²) in [7, 11) is 0. The summed E-state index contributed by atoms with van der Waals surface area (Å²) in [4.78, 5) is 22.8. The number of carbonyl (C=O) groups excluding carboxylic acids is 1. The van der Waals surface area contributed by atoms with Gasteiger partial charge < -0.3 is 4.74 Å². The minimum Gasteiger partial charge on any atom is -0.494 e. The van der Waals surface area contributed by atoms with Crippen molar-refractivity contribution < 1.29 is 19.3 Å². The topological polar surface area (TPSA) is 44.8 Å². The highest BCUT2D eigenvalue weighted by Gasteiger charge is 2.16. The Bertz CT molecular complexity index is 500. The summed E-state index contributed by atoms with van der Waals surface area (Å²) in [5.74, 6) is 0.323. The number of hydrogen-bond donors (Lipinski definition) is 0. The molecular weight excluding hydrogens is 340 g/mol. The predicted molar refractivity (Wildman–Crippen MR) is 107 cm³/mol. The molecule has 0 N–H and O–H groups in total. The van der Waals surface area contributed by atoms with Gasteiger partial charge >= 0.3 is 5.97 Å². The summed E-state index contributed by atoms with van der Waals surface area (Å²) in [6, 6.07) is 7.04. The molecule has 0 unspecified atom stereocenters. The van der Waals surface area contributed by atoms with Crippen LogP contribution in [0.15, 0.2) is 24.3 Å². The molecule has 0 saturated heterocycles. The van der Waals surface area contributed by atoms with Gasteiger partial charge in [-0.05, 0) is 43.5 Å². The first-order valence-electron chi connectivity index (χ1n) is 10.8. The predicted octanol–water partition coefficient (Wildman–Crippen LogP) is 6.79. The molecule has 1 radical (unpaired) electrons. The average Bonchev–Trinajstić information content (AvgIpc) is 2.68. The highest BCUT2D eigenvalue weighted by atomic mass is 17.2. The quantitative estimate of drug-likeness (QED) is 0.299. The van der Waals surface area contributed by atoms with Gasteiger partial charge in [0.15, 0.2) is 0 Å². The second-order valence-corrected chi connectivity index (χ2v) is 7.40. The van der Waals surface area contributed by atoms with E-state index in [1.165, 1.54) is 44.9 Å². The van der Waals surface area contributed by atoms with E-state index in [9.17, 15) is 4.79 Å². The van der Waals surface area contributed by atoms with E-state index in [1.54, 1.807) is 24.3 Å². The fourth-order valence-corrected chi connectivity index (χ4v) is 3.26. The third-order valence-corrected chi connectivity index (χ3v) is 5.00. The monoisotopic (exact) mass is 375 g/mol. The zero-order valence-electron chi connectivity index (χ0n) is 16.8. The van der Waals surface area contributed by atoms with E-state index >= 15 is 0 Å². The Morgan fingerprint density at radius 1 is 0.852 bits per heavy atom. The number of benzene rings is 1. The summed E-state index contributed by atoms with van der Waals surface area (Å²) in [5.41, 5.74) is 0.478. The van der Waals surface area contributed by atoms with Gasteiger partial charge in [0.25, 0.3) is 0 Å². The van der Waals surface area contributed by atoms with Gasteiger partial charge in [0.2, 0.25) is 0 Å². The number of hydrogen-bond acceptors (Lipinski definition) is 4. The van der Waals surface area contributed by atoms with Crippen molar-refractivity contribution >= 4 is 5.97 Å². The van der Waals surface area contributed by atoms with E-state index in [0.29, 0.717) is 12.2 Å². The molecule has 0 aromatic heterocycles. The summed E-state index contributed by atoms with van der Waals surface area (Å²) < 4.78 is 5.62. The van der Waals surface area contributed by atoms with E-state index in [0.717, 1.165) is 50.4 Å². The zero-order valence-corrected chi connectivity index (χ0v) is 16.8. The molecule has 1 aliphatic rings. The highest BCUT2D eigenvalue weighted by molar-refractivity contribution is 5.89. The molecule has 2 rings (SSSR count). The Balaban J connectivity index is 1.75. The second-order valence-electron chi connectivity index (χ2n) is 7.40. The van der Waals surface area contributed by atoms with Crippen molar-refractivity contribution in [2.24, 2.45) is 0 Å². The molecule has 4 nitrogen and oxygen atoms in total. The van der Waals surface area contributed by atoms with E-state index in [2.05, 4.69) is 6.92 Å². The molecule has 1 fully saturated rings. The van der Waals surface area contributed by atoms with Crippen LogP contribution in [0.5, 0.6) is 5.75 Å². The number of rotatable bonds is 7. The Morgan fingerprint density at radius 3 is 1.96 bits per heavy atom. The smallest absolute Gasteiger partial charge is 0.373 e. The van der Waals surface area contributed by atoms with Gasteiger partial charge in [0, 0.05) is 0 Å². The lowest BCUT2D eigenvalue weighted by Crippen LogP contribution is -2.11. The van der Waals surface area contributed by atoms with Crippen LogP contribution in [0.25, 0.3) is 0 Å². The van der Waals surface area contributed by atoms with Gasteiger partial charge in [-0.1, -0.05) is 71.1 Å². The van der Waals surface area contributed by atoms with Crippen molar-refractivity contribution in [1.29, 1.82) is 0 Å². The lowest BCUT2D eigenvalue weighted by atomic mass is 9.99. The summed E-state index contributed by atoms with van der Waals surface area (Å²) in [6.07, 6.45) is 16.1. The van der Waals surface area contributed by atoms with Crippen LogP contribution in [0.1, 0.15) is 101 Å². The van der Waals surface area contributed by atoms with Crippen LogP contribution in [-0.4, -0.2) is 12.6 Å². The third kappa shape index (κ3) is 9.28. The van der Waals surface area contributed by atoms with Crippen molar-refractivity contribution in [2.45, 2.75) is 90.4 Å². The minimum atomic E-state index is -0.450. The summed E-state index contributed by atoms with van der Waals surface area (Å²) >= 11 is 0. The lowest BCUT2D eigenvalue weighted by Gasteiger charge is -2.16. The Hall–Kier alpha value is -1.55. The maximum absolute atomic E-state index is 12.2. The maximum atomic E-state index is 12.2. The average molecular weight is 376 g/mol. The van der Waals surface area contributed by atoms with Gasteiger partial charge in [-0.2, -0.15) is 4.89 Å². The van der Waals surface area contributed by atoms with Crippen molar-refractivity contribution in [3.8, 4) is 5.75 Å². The molecule has 1 aromatic rings.